The van der Waals surface area contributed by atoms with Crippen molar-refractivity contribution in [1.29, 1.82) is 0 Å². The molecule has 0 aliphatic carbocycles. The highest BCUT2D eigenvalue weighted by atomic mass is 16.9. The first-order chi connectivity index (χ1) is 10.7. The van der Waals surface area contributed by atoms with Crippen molar-refractivity contribution in [3.05, 3.63) is 23.8 Å². The molecule has 3 aliphatic heterocycles. The fourth-order valence-electron chi connectivity index (χ4n) is 3.45. The van der Waals surface area contributed by atoms with Crippen LogP contribution in [0.4, 0.5) is 0 Å². The van der Waals surface area contributed by atoms with Gasteiger partial charge in [-0.1, -0.05) is 0 Å². The fourth-order valence-corrected chi connectivity index (χ4v) is 3.45. The van der Waals surface area contributed by atoms with Gasteiger partial charge < -0.3 is 23.7 Å². The summed E-state index contributed by atoms with van der Waals surface area (Å²) >= 11 is 0. The quantitative estimate of drug-likeness (QED) is 0.778. The van der Waals surface area contributed by atoms with E-state index in [1.807, 2.05) is 40.7 Å². The normalized spacial score (nSPS) is 40.7. The van der Waals surface area contributed by atoms with Crippen LogP contribution in [0, 0.1) is 6.92 Å². The standard InChI is InChI=1S/C16H22N2O5/c1-9-6-7-17-13(18-9)16-12(22-15(4,5)23-16)11-10(20-16)8-19-14(2,3)21-11/h6-7,10-12H,8H2,1-5H3/t10-,11+,12-,16+/m0/s1. The minimum Gasteiger partial charge on any atom is -0.348 e. The highest BCUT2D eigenvalue weighted by molar-refractivity contribution is 5.15. The number of aromatic nitrogens is 2. The summed E-state index contributed by atoms with van der Waals surface area (Å²) in [5, 5.41) is 0. The molecule has 4 rings (SSSR count). The van der Waals surface area contributed by atoms with Gasteiger partial charge in [-0.3, -0.25) is 0 Å². The van der Waals surface area contributed by atoms with Gasteiger partial charge in [0, 0.05) is 11.9 Å². The third-order valence-electron chi connectivity index (χ3n) is 4.30. The molecular weight excluding hydrogens is 300 g/mol. The predicted molar refractivity (Wildman–Crippen MR) is 78.3 cm³/mol. The van der Waals surface area contributed by atoms with Gasteiger partial charge in [-0.25, -0.2) is 9.97 Å². The van der Waals surface area contributed by atoms with Crippen LogP contribution in [-0.4, -0.2) is 46.5 Å². The summed E-state index contributed by atoms with van der Waals surface area (Å²) in [6.07, 6.45) is 0.662. The first-order valence-electron chi connectivity index (χ1n) is 7.89. The van der Waals surface area contributed by atoms with Crippen LogP contribution in [-0.2, 0) is 29.5 Å². The van der Waals surface area contributed by atoms with E-state index in [4.69, 9.17) is 23.7 Å². The molecule has 0 saturated carbocycles. The SMILES string of the molecule is Cc1ccnc([C@@]23O[C@H]4COC(C)(C)O[C@H]4[C@@H]2OC(C)(C)O3)n1. The van der Waals surface area contributed by atoms with E-state index in [0.29, 0.717) is 12.4 Å². The van der Waals surface area contributed by atoms with Gasteiger partial charge in [-0.15, -0.1) is 0 Å². The monoisotopic (exact) mass is 322 g/mol. The van der Waals surface area contributed by atoms with Gasteiger partial charge >= 0.3 is 0 Å². The molecule has 126 valence electrons. The van der Waals surface area contributed by atoms with Crippen LogP contribution >= 0.6 is 0 Å². The lowest BCUT2D eigenvalue weighted by molar-refractivity contribution is -0.330. The zero-order valence-corrected chi connectivity index (χ0v) is 14.0. The maximum absolute atomic E-state index is 6.22. The van der Waals surface area contributed by atoms with Crippen molar-refractivity contribution in [3.8, 4) is 0 Å². The molecule has 0 amide bonds. The van der Waals surface area contributed by atoms with E-state index in [1.54, 1.807) is 6.20 Å². The van der Waals surface area contributed by atoms with Crippen molar-refractivity contribution in [1.82, 2.24) is 9.97 Å². The molecule has 0 spiro atoms. The second-order valence-electron chi connectivity index (χ2n) is 7.18. The molecule has 0 radical (unpaired) electrons. The average Bonchev–Trinajstić information content (AvgIpc) is 2.87. The highest BCUT2D eigenvalue weighted by Gasteiger charge is 2.69. The van der Waals surface area contributed by atoms with Crippen molar-refractivity contribution < 1.29 is 23.7 Å². The molecule has 1 aromatic heterocycles. The molecule has 1 aromatic rings. The van der Waals surface area contributed by atoms with E-state index in [-0.39, 0.29) is 12.2 Å². The summed E-state index contributed by atoms with van der Waals surface area (Å²) in [4.78, 5) is 8.89. The fraction of sp³-hybridized carbons (Fsp3) is 0.750. The number of hydrogen-bond acceptors (Lipinski definition) is 7. The summed E-state index contributed by atoms with van der Waals surface area (Å²) in [5.74, 6) is -2.21. The molecule has 4 atom stereocenters. The van der Waals surface area contributed by atoms with Crippen LogP contribution in [0.2, 0.25) is 0 Å². The molecule has 4 heterocycles. The largest absolute Gasteiger partial charge is 0.348 e. The molecule has 23 heavy (non-hydrogen) atoms. The molecule has 0 N–H and O–H groups in total. The van der Waals surface area contributed by atoms with E-state index in [2.05, 4.69) is 9.97 Å². The molecule has 0 unspecified atom stereocenters. The van der Waals surface area contributed by atoms with Crippen LogP contribution in [0.3, 0.4) is 0 Å². The molecule has 7 nitrogen and oxygen atoms in total. The number of aryl methyl sites for hydroxylation is 1. The van der Waals surface area contributed by atoms with Crippen LogP contribution in [0.25, 0.3) is 0 Å². The Morgan fingerprint density at radius 2 is 1.87 bits per heavy atom. The van der Waals surface area contributed by atoms with Gasteiger partial charge in [0.05, 0.1) is 6.61 Å². The van der Waals surface area contributed by atoms with Gasteiger partial charge in [0.15, 0.2) is 23.5 Å². The third-order valence-corrected chi connectivity index (χ3v) is 4.30. The first kappa shape index (κ1) is 15.4. The Hall–Kier alpha value is -1.12. The lowest BCUT2D eigenvalue weighted by Gasteiger charge is -2.38. The summed E-state index contributed by atoms with van der Waals surface area (Å²) in [6.45, 7) is 9.79. The Labute approximate surface area is 135 Å². The molecule has 0 bridgehead atoms. The Balaban J connectivity index is 1.77. The summed E-state index contributed by atoms with van der Waals surface area (Å²) < 4.78 is 30.3. The van der Waals surface area contributed by atoms with E-state index < -0.39 is 23.5 Å². The molecule has 3 aliphatic rings. The minimum atomic E-state index is -1.17. The summed E-state index contributed by atoms with van der Waals surface area (Å²) in [6, 6.07) is 1.83. The molecular formula is C16H22N2O5. The van der Waals surface area contributed by atoms with Crippen molar-refractivity contribution >= 4 is 0 Å². The minimum absolute atomic E-state index is 0.284. The first-order valence-corrected chi connectivity index (χ1v) is 7.89. The number of nitrogens with zero attached hydrogens (tertiary/aromatic N) is 2. The molecule has 0 aromatic carbocycles. The number of hydrogen-bond donors (Lipinski definition) is 0. The summed E-state index contributed by atoms with van der Waals surface area (Å²) in [5.41, 5.74) is 0.840. The zero-order chi connectivity index (χ0) is 16.5. The Bertz CT molecular complexity index is 635. The number of rotatable bonds is 1. The van der Waals surface area contributed by atoms with Gasteiger partial charge in [-0.2, -0.15) is 0 Å². The van der Waals surface area contributed by atoms with Gasteiger partial charge in [-0.05, 0) is 40.7 Å². The Morgan fingerprint density at radius 3 is 2.61 bits per heavy atom. The van der Waals surface area contributed by atoms with Gasteiger partial charge in [0.25, 0.3) is 5.79 Å². The Kier molecular flexibility index (Phi) is 3.15. The van der Waals surface area contributed by atoms with Crippen LogP contribution in [0.5, 0.6) is 0 Å². The maximum atomic E-state index is 6.22. The van der Waals surface area contributed by atoms with Crippen molar-refractivity contribution in [3.63, 3.8) is 0 Å². The number of fused-ring (bicyclic) bond motifs is 3. The highest BCUT2D eigenvalue weighted by Crippen LogP contribution is 2.53. The second kappa shape index (κ2) is 4.70. The smallest absolute Gasteiger partial charge is 0.263 e. The average molecular weight is 322 g/mol. The third kappa shape index (κ3) is 2.38. The van der Waals surface area contributed by atoms with Crippen LogP contribution in [0.15, 0.2) is 12.3 Å². The van der Waals surface area contributed by atoms with Crippen molar-refractivity contribution in [2.24, 2.45) is 0 Å². The predicted octanol–water partition coefficient (Wildman–Crippen LogP) is 1.64. The van der Waals surface area contributed by atoms with E-state index in [9.17, 15) is 0 Å². The van der Waals surface area contributed by atoms with Gasteiger partial charge in [0.1, 0.15) is 12.2 Å². The van der Waals surface area contributed by atoms with Crippen molar-refractivity contribution in [2.75, 3.05) is 6.61 Å². The molecule has 7 heteroatoms. The van der Waals surface area contributed by atoms with Gasteiger partial charge in [0.2, 0.25) is 0 Å². The van der Waals surface area contributed by atoms with Crippen LogP contribution < -0.4 is 0 Å². The van der Waals surface area contributed by atoms with E-state index >= 15 is 0 Å². The molecule has 3 saturated heterocycles. The second-order valence-corrected chi connectivity index (χ2v) is 7.18. The lowest BCUT2D eigenvalue weighted by Crippen LogP contribution is -2.51. The maximum Gasteiger partial charge on any atom is 0.263 e. The lowest BCUT2D eigenvalue weighted by atomic mass is 10.0. The van der Waals surface area contributed by atoms with E-state index in [1.165, 1.54) is 0 Å². The van der Waals surface area contributed by atoms with Crippen molar-refractivity contribution in [2.45, 2.75) is 70.3 Å². The summed E-state index contributed by atoms with van der Waals surface area (Å²) in [7, 11) is 0. The topological polar surface area (TPSA) is 71.9 Å². The van der Waals surface area contributed by atoms with Crippen LogP contribution in [0.1, 0.15) is 39.2 Å². The van der Waals surface area contributed by atoms with E-state index in [0.717, 1.165) is 5.69 Å². The zero-order valence-electron chi connectivity index (χ0n) is 14.0. The number of ether oxygens (including phenoxy) is 5. The Morgan fingerprint density at radius 1 is 1.09 bits per heavy atom. The molecule has 3 fully saturated rings.